The highest BCUT2D eigenvalue weighted by Gasteiger charge is 2.48. The summed E-state index contributed by atoms with van der Waals surface area (Å²) in [6.07, 6.45) is 0. The van der Waals surface area contributed by atoms with Crippen LogP contribution in [-0.4, -0.2) is 0 Å². The predicted molar refractivity (Wildman–Crippen MR) is 209 cm³/mol. The van der Waals surface area contributed by atoms with Crippen LogP contribution in [0.15, 0.2) is 188 Å². The van der Waals surface area contributed by atoms with Crippen LogP contribution < -0.4 is 4.90 Å². The Hall–Kier alpha value is -5.96. The van der Waals surface area contributed by atoms with Crippen molar-refractivity contribution < 1.29 is 0 Å². The molecule has 49 heavy (non-hydrogen) atoms. The van der Waals surface area contributed by atoms with Crippen LogP contribution in [0.5, 0.6) is 0 Å². The molecule has 0 aliphatic heterocycles. The number of anilines is 3. The molecule has 9 aromatic rings. The summed E-state index contributed by atoms with van der Waals surface area (Å²) in [4.78, 5) is 2.49. The smallest absolute Gasteiger partial charge is 0.0720 e. The first-order chi connectivity index (χ1) is 24.3. The fourth-order valence-corrected chi connectivity index (χ4v) is 9.42. The Labute approximate surface area is 290 Å². The Morgan fingerprint density at radius 3 is 1.78 bits per heavy atom. The molecule has 0 amide bonds. The first kappa shape index (κ1) is 28.1. The summed E-state index contributed by atoms with van der Waals surface area (Å²) in [5, 5.41) is 5.10. The van der Waals surface area contributed by atoms with Gasteiger partial charge in [0, 0.05) is 37.1 Å². The lowest BCUT2D eigenvalue weighted by Crippen LogP contribution is -2.29. The van der Waals surface area contributed by atoms with E-state index >= 15 is 0 Å². The van der Waals surface area contributed by atoms with E-state index in [0.29, 0.717) is 0 Å². The molecule has 0 fully saturated rings. The second-order valence-corrected chi connectivity index (χ2v) is 13.9. The zero-order chi connectivity index (χ0) is 32.4. The largest absolute Gasteiger partial charge is 0.310 e. The summed E-state index contributed by atoms with van der Waals surface area (Å²) in [5.74, 6) is 0. The molecule has 0 saturated heterocycles. The Kier molecular flexibility index (Phi) is 6.34. The number of para-hydroxylation sites is 1. The van der Waals surface area contributed by atoms with Crippen LogP contribution in [0, 0.1) is 0 Å². The highest BCUT2D eigenvalue weighted by molar-refractivity contribution is 7.25. The van der Waals surface area contributed by atoms with Gasteiger partial charge in [-0.1, -0.05) is 146 Å². The van der Waals surface area contributed by atoms with Gasteiger partial charge in [-0.15, -0.1) is 11.3 Å². The number of nitrogens with zero attached hydrogens (tertiary/aromatic N) is 1. The van der Waals surface area contributed by atoms with Crippen molar-refractivity contribution in [1.29, 1.82) is 0 Å². The summed E-state index contributed by atoms with van der Waals surface area (Å²) < 4.78 is 2.62. The molecule has 0 saturated carbocycles. The molecule has 1 nitrogen and oxygen atoms in total. The van der Waals surface area contributed by atoms with E-state index in [1.165, 1.54) is 70.0 Å². The van der Waals surface area contributed by atoms with Crippen LogP contribution in [0.1, 0.15) is 22.3 Å². The number of fused-ring (bicyclic) bond motifs is 8. The molecule has 10 rings (SSSR count). The average molecular weight is 642 g/mol. The van der Waals surface area contributed by atoms with Crippen molar-refractivity contribution in [1.82, 2.24) is 0 Å². The third kappa shape index (κ3) is 4.11. The highest BCUT2D eigenvalue weighted by atomic mass is 32.1. The summed E-state index contributed by atoms with van der Waals surface area (Å²) >= 11 is 1.86. The van der Waals surface area contributed by atoms with Gasteiger partial charge in [0.05, 0.1) is 11.1 Å². The van der Waals surface area contributed by atoms with E-state index in [1.807, 2.05) is 11.3 Å². The van der Waals surface area contributed by atoms with E-state index in [4.69, 9.17) is 0 Å². The van der Waals surface area contributed by atoms with E-state index in [0.717, 1.165) is 11.4 Å². The molecular weight excluding hydrogens is 611 g/mol. The molecule has 1 aliphatic carbocycles. The molecule has 230 valence electrons. The van der Waals surface area contributed by atoms with Gasteiger partial charge < -0.3 is 4.90 Å². The van der Waals surface area contributed by atoms with Gasteiger partial charge in [0.15, 0.2) is 0 Å². The van der Waals surface area contributed by atoms with Gasteiger partial charge >= 0.3 is 0 Å². The molecule has 0 spiro atoms. The monoisotopic (exact) mass is 641 g/mol. The van der Waals surface area contributed by atoms with Crippen molar-refractivity contribution in [3.05, 3.63) is 210 Å². The number of hydrogen-bond donors (Lipinski definition) is 0. The normalized spacial score (nSPS) is 13.1. The Balaban J connectivity index is 1.37. The van der Waals surface area contributed by atoms with Gasteiger partial charge in [0.2, 0.25) is 0 Å². The lowest BCUT2D eigenvalue weighted by molar-refractivity contribution is 0.775. The molecule has 8 aromatic carbocycles. The Morgan fingerprint density at radius 1 is 0.429 bits per heavy atom. The molecule has 0 unspecified atom stereocenters. The minimum Gasteiger partial charge on any atom is -0.310 e. The number of hydrogen-bond acceptors (Lipinski definition) is 2. The minimum atomic E-state index is -0.514. The van der Waals surface area contributed by atoms with Crippen LogP contribution in [0.25, 0.3) is 42.1 Å². The second-order valence-electron chi connectivity index (χ2n) is 12.8. The van der Waals surface area contributed by atoms with Gasteiger partial charge in [-0.05, 0) is 81.1 Å². The summed E-state index contributed by atoms with van der Waals surface area (Å²) in [6, 6.07) is 69.3. The quantitative estimate of drug-likeness (QED) is 0.181. The van der Waals surface area contributed by atoms with Crippen LogP contribution in [0.4, 0.5) is 17.1 Å². The van der Waals surface area contributed by atoms with E-state index in [-0.39, 0.29) is 0 Å². The Bertz CT molecular complexity index is 2620. The number of thiophene rings is 1. The third-order valence-electron chi connectivity index (χ3n) is 10.3. The zero-order valence-electron chi connectivity index (χ0n) is 26.8. The van der Waals surface area contributed by atoms with Gasteiger partial charge in [0.1, 0.15) is 0 Å². The number of benzene rings is 8. The maximum Gasteiger partial charge on any atom is 0.0720 e. The van der Waals surface area contributed by atoms with Gasteiger partial charge in [-0.25, -0.2) is 0 Å². The van der Waals surface area contributed by atoms with Crippen LogP contribution in [0.3, 0.4) is 0 Å². The molecule has 0 bridgehead atoms. The standard InChI is InChI=1S/C47H31NS/c1-4-17-33(18-5-1)47(34-19-6-2-7-20-34)41-26-14-12-25-39(41)45-42(30-32-16-10-11-23-37(32)46(45)47)48(35-21-8-3-9-22-35)36-28-29-44-40(31-36)38-24-13-15-27-43(38)49-44/h1-31H. The van der Waals surface area contributed by atoms with E-state index in [9.17, 15) is 0 Å². The molecule has 1 heterocycles. The first-order valence-electron chi connectivity index (χ1n) is 16.9. The van der Waals surface area contributed by atoms with Crippen molar-refractivity contribution in [3.63, 3.8) is 0 Å². The van der Waals surface area contributed by atoms with Crippen molar-refractivity contribution in [2.75, 3.05) is 4.90 Å². The molecule has 0 N–H and O–H groups in total. The molecule has 0 atom stereocenters. The van der Waals surface area contributed by atoms with Gasteiger partial charge in [-0.2, -0.15) is 0 Å². The molecule has 2 heteroatoms. The van der Waals surface area contributed by atoms with Crippen LogP contribution in [0.2, 0.25) is 0 Å². The maximum atomic E-state index is 2.49. The van der Waals surface area contributed by atoms with Crippen LogP contribution in [-0.2, 0) is 5.41 Å². The van der Waals surface area contributed by atoms with Gasteiger partial charge in [0.25, 0.3) is 0 Å². The van der Waals surface area contributed by atoms with E-state index in [2.05, 4.69) is 193 Å². The van der Waals surface area contributed by atoms with E-state index in [1.54, 1.807) is 0 Å². The Morgan fingerprint density at radius 2 is 1.02 bits per heavy atom. The van der Waals surface area contributed by atoms with E-state index < -0.39 is 5.41 Å². The van der Waals surface area contributed by atoms with Gasteiger partial charge in [-0.3, -0.25) is 0 Å². The summed E-state index contributed by atoms with van der Waals surface area (Å²) in [7, 11) is 0. The number of rotatable bonds is 5. The van der Waals surface area contributed by atoms with Crippen molar-refractivity contribution in [2.24, 2.45) is 0 Å². The van der Waals surface area contributed by atoms with Crippen molar-refractivity contribution in [3.8, 4) is 11.1 Å². The summed E-state index contributed by atoms with van der Waals surface area (Å²) in [6.45, 7) is 0. The lowest BCUT2D eigenvalue weighted by atomic mass is 9.66. The lowest BCUT2D eigenvalue weighted by Gasteiger charge is -2.35. The average Bonchev–Trinajstić information content (AvgIpc) is 3.70. The second kappa shape index (κ2) is 11.1. The first-order valence-corrected chi connectivity index (χ1v) is 17.7. The molecule has 1 aliphatic rings. The SMILES string of the molecule is c1ccc(N(c2ccc3sc4ccccc4c3c2)c2cc3ccccc3c3c2-c2ccccc2C3(c2ccccc2)c2ccccc2)cc1. The van der Waals surface area contributed by atoms with Crippen molar-refractivity contribution in [2.45, 2.75) is 5.41 Å². The van der Waals surface area contributed by atoms with Crippen molar-refractivity contribution >= 4 is 59.3 Å². The maximum absolute atomic E-state index is 2.49. The highest BCUT2D eigenvalue weighted by Crippen LogP contribution is 2.61. The third-order valence-corrected chi connectivity index (χ3v) is 11.4. The summed E-state index contributed by atoms with van der Waals surface area (Å²) in [5.41, 5.74) is 10.7. The zero-order valence-corrected chi connectivity index (χ0v) is 27.6. The fourth-order valence-electron chi connectivity index (χ4n) is 8.33. The topological polar surface area (TPSA) is 3.24 Å². The molecule has 1 aromatic heterocycles. The molecular formula is C47H31NS. The van der Waals surface area contributed by atoms with Crippen LogP contribution >= 0.6 is 11.3 Å². The fraction of sp³-hybridized carbons (Fsp3) is 0.0213. The predicted octanol–water partition coefficient (Wildman–Crippen LogP) is 13.0. The molecule has 0 radical (unpaired) electrons. The minimum absolute atomic E-state index is 0.514.